The normalized spacial score (nSPS) is 13.3. The number of carbonyl (C=O) groups excluding carboxylic acids is 1. The number of methoxy groups -OCH3 is 1. The van der Waals surface area contributed by atoms with Crippen LogP contribution in [0.1, 0.15) is 6.92 Å². The zero-order valence-electron chi connectivity index (χ0n) is 11.6. The number of hydrogen-bond donors (Lipinski definition) is 0. The minimum Gasteiger partial charge on any atom is -0.469 e. The highest BCUT2D eigenvalue weighted by Gasteiger charge is 2.29. The van der Waals surface area contributed by atoms with Crippen LogP contribution in [0.25, 0.3) is 0 Å². The lowest BCUT2D eigenvalue weighted by Crippen LogP contribution is -2.34. The van der Waals surface area contributed by atoms with Crippen LogP contribution in [0.3, 0.4) is 0 Å². The summed E-state index contributed by atoms with van der Waals surface area (Å²) in [5, 5.41) is 0.0129. The van der Waals surface area contributed by atoms with Crippen molar-refractivity contribution in [2.45, 2.75) is 11.8 Å². The van der Waals surface area contributed by atoms with Crippen LogP contribution in [0, 0.1) is 5.92 Å². The molecule has 1 aromatic rings. The van der Waals surface area contributed by atoms with Crippen LogP contribution in [-0.4, -0.2) is 39.4 Å². The smallest absolute Gasteiger partial charge is 0.309 e. The maximum atomic E-state index is 12.5. The lowest BCUT2D eigenvalue weighted by Gasteiger charge is -2.21. The molecule has 0 aliphatic carbocycles. The summed E-state index contributed by atoms with van der Waals surface area (Å²) in [7, 11) is -1.32. The molecule has 5 nitrogen and oxygen atoms in total. The molecule has 0 aromatic heterocycles. The van der Waals surface area contributed by atoms with Gasteiger partial charge < -0.3 is 4.74 Å². The second kappa shape index (κ2) is 7.28. The molecule has 0 saturated carbocycles. The van der Waals surface area contributed by atoms with E-state index in [2.05, 4.69) is 20.7 Å². The highest BCUT2D eigenvalue weighted by Crippen LogP contribution is 2.34. The van der Waals surface area contributed by atoms with Crippen LogP contribution < -0.4 is 0 Å². The monoisotopic (exact) mass is 417 g/mol. The number of carbonyl (C=O) groups is 1. The molecule has 118 valence electrons. The molecule has 0 bridgehead atoms. The summed E-state index contributed by atoms with van der Waals surface area (Å²) >= 11 is 15.1. The SMILES string of the molecule is COC(=O)[C@@H](C)CN(C)S(=O)(=O)c1c(Cl)cc(Br)cc1Cl. The third-order valence-electron chi connectivity index (χ3n) is 2.77. The van der Waals surface area contributed by atoms with E-state index in [0.717, 1.165) is 4.31 Å². The Kier molecular flexibility index (Phi) is 6.49. The molecule has 0 radical (unpaired) electrons. The van der Waals surface area contributed by atoms with Crippen molar-refractivity contribution in [3.05, 3.63) is 26.7 Å². The first-order valence-electron chi connectivity index (χ1n) is 5.80. The molecule has 1 aromatic carbocycles. The van der Waals surface area contributed by atoms with E-state index in [1.54, 1.807) is 6.92 Å². The quantitative estimate of drug-likeness (QED) is 0.688. The zero-order chi connectivity index (χ0) is 16.4. The first-order valence-corrected chi connectivity index (χ1v) is 8.78. The van der Waals surface area contributed by atoms with Crippen molar-refractivity contribution in [1.29, 1.82) is 0 Å². The summed E-state index contributed by atoms with van der Waals surface area (Å²) in [6, 6.07) is 2.88. The van der Waals surface area contributed by atoms with Crippen molar-refractivity contribution >= 4 is 55.1 Å². The Morgan fingerprint density at radius 3 is 2.29 bits per heavy atom. The van der Waals surface area contributed by atoms with Crippen molar-refractivity contribution in [3.8, 4) is 0 Å². The van der Waals surface area contributed by atoms with Crippen LogP contribution in [0.2, 0.25) is 10.0 Å². The number of rotatable bonds is 5. The second-order valence-electron chi connectivity index (χ2n) is 4.41. The Labute approximate surface area is 142 Å². The van der Waals surface area contributed by atoms with Gasteiger partial charge in [-0.25, -0.2) is 8.42 Å². The molecular formula is C12H14BrCl2NO4S. The minimum atomic E-state index is -3.91. The Morgan fingerprint density at radius 1 is 1.38 bits per heavy atom. The van der Waals surface area contributed by atoms with Gasteiger partial charge in [0.25, 0.3) is 0 Å². The lowest BCUT2D eigenvalue weighted by atomic mass is 10.2. The van der Waals surface area contributed by atoms with E-state index in [1.165, 1.54) is 26.3 Å². The van der Waals surface area contributed by atoms with Crippen LogP contribution in [0.15, 0.2) is 21.5 Å². The van der Waals surface area contributed by atoms with Crippen molar-refractivity contribution in [1.82, 2.24) is 4.31 Å². The molecule has 0 spiro atoms. The van der Waals surface area contributed by atoms with Gasteiger partial charge in [-0.05, 0) is 12.1 Å². The second-order valence-corrected chi connectivity index (χ2v) is 8.12. The van der Waals surface area contributed by atoms with Gasteiger partial charge in [0, 0.05) is 18.1 Å². The third-order valence-corrected chi connectivity index (χ3v) is 5.97. The standard InChI is InChI=1S/C12H14BrCl2NO4S/c1-7(12(17)20-3)6-16(2)21(18,19)11-9(14)4-8(13)5-10(11)15/h4-5,7H,6H2,1-3H3/t7-/m0/s1. The van der Waals surface area contributed by atoms with E-state index < -0.39 is 21.9 Å². The summed E-state index contributed by atoms with van der Waals surface area (Å²) in [5.74, 6) is -1.10. The van der Waals surface area contributed by atoms with Crippen LogP contribution in [0.4, 0.5) is 0 Å². The number of benzene rings is 1. The fraction of sp³-hybridized carbons (Fsp3) is 0.417. The van der Waals surface area contributed by atoms with E-state index in [9.17, 15) is 13.2 Å². The number of nitrogens with zero attached hydrogens (tertiary/aromatic N) is 1. The number of esters is 1. The summed E-state index contributed by atoms with van der Waals surface area (Å²) in [4.78, 5) is 11.2. The summed E-state index contributed by atoms with van der Waals surface area (Å²) < 4.78 is 31.2. The maximum absolute atomic E-state index is 12.5. The van der Waals surface area contributed by atoms with Gasteiger partial charge in [-0.1, -0.05) is 46.1 Å². The number of ether oxygens (including phenoxy) is 1. The summed E-state index contributed by atoms with van der Waals surface area (Å²) in [5.41, 5.74) is 0. The van der Waals surface area contributed by atoms with Gasteiger partial charge in [-0.15, -0.1) is 0 Å². The topological polar surface area (TPSA) is 63.7 Å². The van der Waals surface area contributed by atoms with Crippen LogP contribution in [-0.2, 0) is 19.6 Å². The van der Waals surface area contributed by atoms with Crippen molar-refractivity contribution in [3.63, 3.8) is 0 Å². The first-order chi connectivity index (χ1) is 9.61. The van der Waals surface area contributed by atoms with Crippen LogP contribution in [0.5, 0.6) is 0 Å². The fourth-order valence-electron chi connectivity index (χ4n) is 1.69. The number of hydrogen-bond acceptors (Lipinski definition) is 4. The maximum Gasteiger partial charge on any atom is 0.309 e. The Hall–Kier alpha value is -0.340. The van der Waals surface area contributed by atoms with Gasteiger partial charge >= 0.3 is 5.97 Å². The van der Waals surface area contributed by atoms with E-state index >= 15 is 0 Å². The largest absolute Gasteiger partial charge is 0.469 e. The van der Waals surface area contributed by atoms with Gasteiger partial charge in [0.2, 0.25) is 10.0 Å². The van der Waals surface area contributed by atoms with Gasteiger partial charge in [-0.3, -0.25) is 4.79 Å². The van der Waals surface area contributed by atoms with Crippen molar-refractivity contribution in [2.24, 2.45) is 5.92 Å². The van der Waals surface area contributed by atoms with Gasteiger partial charge in [0.05, 0.1) is 23.1 Å². The minimum absolute atomic E-state index is 0.00643. The lowest BCUT2D eigenvalue weighted by molar-refractivity contribution is -0.144. The Balaban J connectivity index is 3.15. The number of halogens is 3. The van der Waals surface area contributed by atoms with E-state index in [0.29, 0.717) is 4.47 Å². The van der Waals surface area contributed by atoms with Crippen molar-refractivity contribution in [2.75, 3.05) is 20.7 Å². The van der Waals surface area contributed by atoms with Crippen molar-refractivity contribution < 1.29 is 17.9 Å². The molecule has 1 rings (SSSR count). The predicted molar refractivity (Wildman–Crippen MR) is 85.2 cm³/mol. The molecule has 0 fully saturated rings. The van der Waals surface area contributed by atoms with E-state index in [4.69, 9.17) is 23.2 Å². The van der Waals surface area contributed by atoms with Gasteiger partial charge in [0.1, 0.15) is 4.90 Å². The van der Waals surface area contributed by atoms with Gasteiger partial charge in [0.15, 0.2) is 0 Å². The summed E-state index contributed by atoms with van der Waals surface area (Å²) in [6.45, 7) is 1.53. The fourth-order valence-corrected chi connectivity index (χ4v) is 4.83. The molecule has 21 heavy (non-hydrogen) atoms. The summed E-state index contributed by atoms with van der Waals surface area (Å²) in [6.07, 6.45) is 0. The van der Waals surface area contributed by atoms with Gasteiger partial charge in [-0.2, -0.15) is 4.31 Å². The third kappa shape index (κ3) is 4.32. The molecule has 0 unspecified atom stereocenters. The molecule has 0 aliphatic rings. The zero-order valence-corrected chi connectivity index (χ0v) is 15.5. The molecule has 0 aliphatic heterocycles. The molecule has 0 heterocycles. The molecule has 0 N–H and O–H groups in total. The highest BCUT2D eigenvalue weighted by atomic mass is 79.9. The Morgan fingerprint density at radius 2 is 1.86 bits per heavy atom. The average molecular weight is 419 g/mol. The van der Waals surface area contributed by atoms with E-state index in [1.807, 2.05) is 0 Å². The highest BCUT2D eigenvalue weighted by molar-refractivity contribution is 9.10. The predicted octanol–water partition coefficient (Wildman–Crippen LogP) is 3.19. The molecule has 9 heteroatoms. The molecule has 1 atom stereocenters. The molecule has 0 saturated heterocycles. The molecule has 0 amide bonds. The first kappa shape index (κ1) is 18.7. The Bertz CT molecular complexity index is 628. The number of sulfonamides is 1. The molecular weight excluding hydrogens is 405 g/mol. The van der Waals surface area contributed by atoms with E-state index in [-0.39, 0.29) is 21.5 Å². The van der Waals surface area contributed by atoms with Crippen LogP contribution >= 0.6 is 39.1 Å². The average Bonchev–Trinajstić information content (AvgIpc) is 2.35.